The fourth-order valence-electron chi connectivity index (χ4n) is 3.31. The highest BCUT2D eigenvalue weighted by molar-refractivity contribution is 5.99. The third kappa shape index (κ3) is 5.96. The van der Waals surface area contributed by atoms with E-state index in [9.17, 15) is 14.4 Å². The van der Waals surface area contributed by atoms with E-state index in [1.54, 1.807) is 52.1 Å². The second-order valence-corrected chi connectivity index (χ2v) is 10.2. The fraction of sp³-hybridized carbons (Fsp3) is 0.423. The molecule has 0 saturated heterocycles. The molecule has 0 aliphatic heterocycles. The molecular formula is C26H34N2O4. The molecule has 0 bridgehead atoms. The van der Waals surface area contributed by atoms with Crippen LogP contribution in [0.25, 0.3) is 0 Å². The van der Waals surface area contributed by atoms with Crippen molar-refractivity contribution >= 4 is 17.8 Å². The Morgan fingerprint density at radius 3 is 1.69 bits per heavy atom. The van der Waals surface area contributed by atoms with Gasteiger partial charge in [-0.2, -0.15) is 0 Å². The Morgan fingerprint density at radius 2 is 1.25 bits per heavy atom. The van der Waals surface area contributed by atoms with Crippen molar-refractivity contribution in [3.05, 3.63) is 64.7 Å². The average Bonchev–Trinajstić information content (AvgIpc) is 2.65. The maximum atomic E-state index is 13.4. The molecule has 6 nitrogen and oxygen atoms in total. The van der Waals surface area contributed by atoms with Crippen LogP contribution in [0.15, 0.2) is 42.5 Å². The van der Waals surface area contributed by atoms with Crippen LogP contribution >= 0.6 is 0 Å². The van der Waals surface area contributed by atoms with Gasteiger partial charge < -0.3 is 4.74 Å². The van der Waals surface area contributed by atoms with Crippen LogP contribution in [0.3, 0.4) is 0 Å². The second kappa shape index (κ2) is 9.15. The number of esters is 1. The largest absolute Gasteiger partial charge is 0.426 e. The standard InChI is InChI=1S/C26H34N2O4/c1-17-14-18(2)16-20(15-17)22(29)27(9)28(26(6,7)8)23(30)19-10-12-21(13-11-19)32-24(31)25(3,4)5/h10-16H,1-9H3. The Hall–Kier alpha value is -3.15. The normalized spacial score (nSPS) is 11.7. The van der Waals surface area contributed by atoms with Gasteiger partial charge in [0.2, 0.25) is 0 Å². The zero-order chi connectivity index (χ0) is 24.4. The van der Waals surface area contributed by atoms with E-state index in [1.165, 1.54) is 10.0 Å². The SMILES string of the molecule is Cc1cc(C)cc(C(=O)N(C)N(C(=O)c2ccc(OC(=O)C(C)(C)C)cc2)C(C)(C)C)c1. The van der Waals surface area contributed by atoms with Gasteiger partial charge in [-0.1, -0.05) is 17.2 Å². The van der Waals surface area contributed by atoms with E-state index >= 15 is 0 Å². The van der Waals surface area contributed by atoms with Gasteiger partial charge in [-0.05, 0) is 91.8 Å². The molecule has 0 aliphatic carbocycles. The summed E-state index contributed by atoms with van der Waals surface area (Å²) < 4.78 is 5.38. The molecule has 2 rings (SSSR count). The minimum atomic E-state index is -0.655. The number of nitrogens with zero attached hydrogens (tertiary/aromatic N) is 2. The number of carbonyl (C=O) groups is 3. The summed E-state index contributed by atoms with van der Waals surface area (Å²) in [5.41, 5.74) is 1.59. The summed E-state index contributed by atoms with van der Waals surface area (Å²) >= 11 is 0. The minimum Gasteiger partial charge on any atom is -0.426 e. The molecule has 172 valence electrons. The summed E-state index contributed by atoms with van der Waals surface area (Å²) in [6.45, 7) is 14.8. The molecule has 0 N–H and O–H groups in total. The van der Waals surface area contributed by atoms with Gasteiger partial charge in [0, 0.05) is 18.2 Å². The highest BCUT2D eigenvalue weighted by Crippen LogP contribution is 2.24. The number of ether oxygens (including phenoxy) is 1. The van der Waals surface area contributed by atoms with Gasteiger partial charge in [-0.15, -0.1) is 0 Å². The second-order valence-electron chi connectivity index (χ2n) is 10.2. The number of hydrogen-bond acceptors (Lipinski definition) is 4. The fourth-order valence-corrected chi connectivity index (χ4v) is 3.31. The lowest BCUT2D eigenvalue weighted by Gasteiger charge is -2.41. The van der Waals surface area contributed by atoms with Crippen LogP contribution in [-0.2, 0) is 4.79 Å². The van der Waals surface area contributed by atoms with Crippen LogP contribution < -0.4 is 4.74 Å². The Balaban J connectivity index is 2.32. The Labute approximate surface area is 191 Å². The highest BCUT2D eigenvalue weighted by atomic mass is 16.5. The van der Waals surface area contributed by atoms with Crippen molar-refractivity contribution in [3.63, 3.8) is 0 Å². The molecule has 2 aromatic carbocycles. The predicted octanol–water partition coefficient (Wildman–Crippen LogP) is 5.18. The molecular weight excluding hydrogens is 404 g/mol. The van der Waals surface area contributed by atoms with Crippen LogP contribution in [0, 0.1) is 19.3 Å². The van der Waals surface area contributed by atoms with Gasteiger partial charge >= 0.3 is 5.97 Å². The molecule has 2 amide bonds. The number of hydrogen-bond donors (Lipinski definition) is 0. The van der Waals surface area contributed by atoms with E-state index in [4.69, 9.17) is 4.74 Å². The van der Waals surface area contributed by atoms with Gasteiger partial charge in [-0.3, -0.25) is 14.4 Å². The topological polar surface area (TPSA) is 66.9 Å². The third-order valence-corrected chi connectivity index (χ3v) is 4.81. The summed E-state index contributed by atoms with van der Waals surface area (Å²) in [6, 6.07) is 12.0. The first kappa shape index (κ1) is 25.1. The maximum Gasteiger partial charge on any atom is 0.316 e. The number of hydrazine groups is 1. The zero-order valence-corrected chi connectivity index (χ0v) is 20.6. The summed E-state index contributed by atoms with van der Waals surface area (Å²) in [5, 5.41) is 2.81. The minimum absolute atomic E-state index is 0.268. The highest BCUT2D eigenvalue weighted by Gasteiger charge is 2.34. The van der Waals surface area contributed by atoms with E-state index in [0.29, 0.717) is 16.9 Å². The van der Waals surface area contributed by atoms with Gasteiger partial charge in [0.15, 0.2) is 0 Å². The first-order chi connectivity index (χ1) is 14.6. The van der Waals surface area contributed by atoms with Crippen LogP contribution in [0.2, 0.25) is 0 Å². The van der Waals surface area contributed by atoms with Gasteiger partial charge in [-0.25, -0.2) is 10.0 Å². The Kier molecular flexibility index (Phi) is 7.18. The molecule has 0 fully saturated rings. The molecule has 0 aromatic heterocycles. The van der Waals surface area contributed by atoms with E-state index < -0.39 is 11.0 Å². The number of carbonyl (C=O) groups excluding carboxylic acids is 3. The summed E-state index contributed by atoms with van der Waals surface area (Å²) in [6.07, 6.45) is 0. The monoisotopic (exact) mass is 438 g/mol. The molecule has 0 radical (unpaired) electrons. The van der Waals surface area contributed by atoms with Crippen molar-refractivity contribution in [1.29, 1.82) is 0 Å². The number of aryl methyl sites for hydroxylation is 2. The zero-order valence-electron chi connectivity index (χ0n) is 20.6. The van der Waals surface area contributed by atoms with E-state index in [1.807, 2.05) is 52.8 Å². The maximum absolute atomic E-state index is 13.4. The molecule has 0 heterocycles. The van der Waals surface area contributed by atoms with Crippen LogP contribution in [0.4, 0.5) is 0 Å². The van der Waals surface area contributed by atoms with Crippen LogP contribution in [0.5, 0.6) is 5.75 Å². The lowest BCUT2D eigenvalue weighted by molar-refractivity contribution is -0.143. The lowest BCUT2D eigenvalue weighted by atomic mass is 9.97. The van der Waals surface area contributed by atoms with E-state index in [2.05, 4.69) is 0 Å². The summed E-state index contributed by atoms with van der Waals surface area (Å²) in [7, 11) is 1.60. The quantitative estimate of drug-likeness (QED) is 0.376. The van der Waals surface area contributed by atoms with Gasteiger partial charge in [0.05, 0.1) is 11.0 Å². The first-order valence-corrected chi connectivity index (χ1v) is 10.6. The molecule has 0 spiro atoms. The van der Waals surface area contributed by atoms with Crippen molar-refractivity contribution in [2.24, 2.45) is 5.41 Å². The van der Waals surface area contributed by atoms with Crippen molar-refractivity contribution in [2.45, 2.75) is 60.9 Å². The molecule has 6 heteroatoms. The smallest absolute Gasteiger partial charge is 0.316 e. The molecule has 0 atom stereocenters. The van der Waals surface area contributed by atoms with Crippen LogP contribution in [0.1, 0.15) is 73.4 Å². The van der Waals surface area contributed by atoms with Gasteiger partial charge in [0.1, 0.15) is 5.75 Å². The van der Waals surface area contributed by atoms with E-state index in [-0.39, 0.29) is 17.8 Å². The summed E-state index contributed by atoms with van der Waals surface area (Å²) in [4.78, 5) is 38.7. The molecule has 2 aromatic rings. The third-order valence-electron chi connectivity index (χ3n) is 4.81. The molecule has 0 saturated carbocycles. The molecule has 0 aliphatic rings. The predicted molar refractivity (Wildman–Crippen MR) is 125 cm³/mol. The van der Waals surface area contributed by atoms with Crippen molar-refractivity contribution in [1.82, 2.24) is 10.0 Å². The van der Waals surface area contributed by atoms with Gasteiger partial charge in [0.25, 0.3) is 11.8 Å². The lowest BCUT2D eigenvalue weighted by Crippen LogP contribution is -2.56. The molecule has 32 heavy (non-hydrogen) atoms. The number of amides is 2. The average molecular weight is 439 g/mol. The van der Waals surface area contributed by atoms with Crippen molar-refractivity contribution in [2.75, 3.05) is 7.05 Å². The Bertz CT molecular complexity index is 991. The van der Waals surface area contributed by atoms with E-state index in [0.717, 1.165) is 11.1 Å². The number of rotatable bonds is 3. The van der Waals surface area contributed by atoms with Crippen molar-refractivity contribution < 1.29 is 19.1 Å². The first-order valence-electron chi connectivity index (χ1n) is 10.6. The number of benzene rings is 2. The summed E-state index contributed by atoms with van der Waals surface area (Å²) in [5.74, 6) is -0.586. The molecule has 0 unspecified atom stereocenters. The van der Waals surface area contributed by atoms with Crippen LogP contribution in [-0.4, -0.2) is 40.4 Å². The Morgan fingerprint density at radius 1 is 0.750 bits per heavy atom. The van der Waals surface area contributed by atoms with Crippen molar-refractivity contribution in [3.8, 4) is 5.75 Å².